The van der Waals surface area contributed by atoms with Crippen molar-refractivity contribution in [3.05, 3.63) is 71.6 Å². The molecule has 6 nitrogen and oxygen atoms in total. The van der Waals surface area contributed by atoms with E-state index in [2.05, 4.69) is 22.9 Å². The Balaban J connectivity index is 1.75. The van der Waals surface area contributed by atoms with E-state index in [4.69, 9.17) is 4.74 Å². The van der Waals surface area contributed by atoms with Gasteiger partial charge in [0.05, 0.1) is 12.7 Å². The summed E-state index contributed by atoms with van der Waals surface area (Å²) in [5.41, 5.74) is 2.67. The van der Waals surface area contributed by atoms with Gasteiger partial charge in [0.25, 0.3) is 11.8 Å². The lowest BCUT2D eigenvalue weighted by Gasteiger charge is -2.18. The molecule has 4 rings (SSSR count). The maximum absolute atomic E-state index is 13.3. The highest BCUT2D eigenvalue weighted by Crippen LogP contribution is 2.25. The second-order valence-corrected chi connectivity index (χ2v) is 7.60. The van der Waals surface area contributed by atoms with Crippen LogP contribution in [0.2, 0.25) is 0 Å². The van der Waals surface area contributed by atoms with Gasteiger partial charge in [-0.2, -0.15) is 0 Å². The Labute approximate surface area is 182 Å². The maximum atomic E-state index is 13.3. The number of aryl methyl sites for hydroxylation is 1. The molecule has 0 saturated carbocycles. The van der Waals surface area contributed by atoms with Crippen LogP contribution >= 0.6 is 0 Å². The van der Waals surface area contributed by atoms with Crippen LogP contribution in [0.1, 0.15) is 35.7 Å². The van der Waals surface area contributed by atoms with Gasteiger partial charge in [0.2, 0.25) is 0 Å². The standard InChI is InChI=1S/C25H27N3O3/c1-3-27-17-18(19-10-4-6-12-22(19)27)16-21(25(30)28-14-8-9-15-28)26-24(29)20-11-5-7-13-23(20)31-2/h4-7,10-13,16-17H,3,8-9,14-15H2,1-2H3,(H,26,29). The topological polar surface area (TPSA) is 63.6 Å². The number of carbonyl (C=O) groups excluding carboxylic acids is 2. The normalized spacial score (nSPS) is 14.1. The van der Waals surface area contributed by atoms with E-state index in [0.717, 1.165) is 35.9 Å². The van der Waals surface area contributed by atoms with Crippen LogP contribution in [0.25, 0.3) is 17.0 Å². The summed E-state index contributed by atoms with van der Waals surface area (Å²) < 4.78 is 7.46. The molecule has 1 aliphatic rings. The summed E-state index contributed by atoms with van der Waals surface area (Å²) in [4.78, 5) is 28.1. The lowest BCUT2D eigenvalue weighted by molar-refractivity contribution is -0.126. The minimum atomic E-state index is -0.365. The smallest absolute Gasteiger partial charge is 0.270 e. The van der Waals surface area contributed by atoms with Gasteiger partial charge >= 0.3 is 0 Å². The van der Waals surface area contributed by atoms with Gasteiger partial charge in [-0.3, -0.25) is 9.59 Å². The number of hydrogen-bond acceptors (Lipinski definition) is 3. The number of amides is 2. The van der Waals surface area contributed by atoms with Crippen molar-refractivity contribution >= 4 is 28.8 Å². The fourth-order valence-electron chi connectivity index (χ4n) is 4.07. The zero-order chi connectivity index (χ0) is 21.8. The van der Waals surface area contributed by atoms with Crippen LogP contribution in [0, 0.1) is 0 Å². The molecular weight excluding hydrogens is 390 g/mol. The van der Waals surface area contributed by atoms with E-state index in [1.807, 2.05) is 24.4 Å². The van der Waals surface area contributed by atoms with Crippen molar-refractivity contribution in [3.63, 3.8) is 0 Å². The summed E-state index contributed by atoms with van der Waals surface area (Å²) in [5, 5.41) is 3.91. The minimum absolute atomic E-state index is 0.158. The summed E-state index contributed by atoms with van der Waals surface area (Å²) in [6, 6.07) is 15.1. The summed E-state index contributed by atoms with van der Waals surface area (Å²) in [6.07, 6.45) is 5.78. The quantitative estimate of drug-likeness (QED) is 0.615. The Morgan fingerprint density at radius 3 is 2.52 bits per heavy atom. The first-order valence-electron chi connectivity index (χ1n) is 10.7. The molecule has 2 amide bonds. The number of likely N-dealkylation sites (tertiary alicyclic amines) is 1. The molecule has 2 aromatic carbocycles. The van der Waals surface area contributed by atoms with Crippen LogP contribution < -0.4 is 10.1 Å². The van der Waals surface area contributed by atoms with Crippen molar-refractivity contribution in [3.8, 4) is 5.75 Å². The highest BCUT2D eigenvalue weighted by molar-refractivity contribution is 6.07. The van der Waals surface area contributed by atoms with E-state index in [1.165, 1.54) is 7.11 Å². The van der Waals surface area contributed by atoms with E-state index in [9.17, 15) is 9.59 Å². The van der Waals surface area contributed by atoms with Gasteiger partial charge in [-0.05, 0) is 44.0 Å². The second-order valence-electron chi connectivity index (χ2n) is 7.60. The average Bonchev–Trinajstić information content (AvgIpc) is 3.46. The van der Waals surface area contributed by atoms with Gasteiger partial charge in [0.1, 0.15) is 11.4 Å². The fourth-order valence-corrected chi connectivity index (χ4v) is 4.07. The van der Waals surface area contributed by atoms with Crippen LogP contribution in [-0.4, -0.2) is 41.5 Å². The molecular formula is C25H27N3O3. The highest BCUT2D eigenvalue weighted by Gasteiger charge is 2.24. The van der Waals surface area contributed by atoms with Crippen molar-refractivity contribution in [1.82, 2.24) is 14.8 Å². The van der Waals surface area contributed by atoms with Gasteiger partial charge in [0.15, 0.2) is 0 Å². The Morgan fingerprint density at radius 1 is 1.06 bits per heavy atom. The molecule has 0 unspecified atom stereocenters. The predicted octanol–water partition coefficient (Wildman–Crippen LogP) is 4.06. The predicted molar refractivity (Wildman–Crippen MR) is 122 cm³/mol. The molecule has 1 aromatic heterocycles. The van der Waals surface area contributed by atoms with Crippen molar-refractivity contribution in [1.29, 1.82) is 0 Å². The number of ether oxygens (including phenoxy) is 1. The number of rotatable bonds is 6. The number of para-hydroxylation sites is 2. The number of benzene rings is 2. The largest absolute Gasteiger partial charge is 0.496 e. The van der Waals surface area contributed by atoms with Crippen molar-refractivity contribution in [2.75, 3.05) is 20.2 Å². The first-order chi connectivity index (χ1) is 15.1. The molecule has 1 saturated heterocycles. The molecule has 31 heavy (non-hydrogen) atoms. The lowest BCUT2D eigenvalue weighted by atomic mass is 10.1. The summed E-state index contributed by atoms with van der Waals surface area (Å²) in [7, 11) is 1.53. The molecule has 0 radical (unpaired) electrons. The Kier molecular flexibility index (Phi) is 6.07. The van der Waals surface area contributed by atoms with E-state index < -0.39 is 0 Å². The molecule has 6 heteroatoms. The molecule has 1 aliphatic heterocycles. The van der Waals surface area contributed by atoms with Gasteiger partial charge in [-0.25, -0.2) is 0 Å². The Morgan fingerprint density at radius 2 is 1.77 bits per heavy atom. The third-order valence-corrected chi connectivity index (χ3v) is 5.68. The second kappa shape index (κ2) is 9.08. The number of carbonyl (C=O) groups is 2. The van der Waals surface area contributed by atoms with Crippen molar-refractivity contribution < 1.29 is 14.3 Å². The zero-order valence-electron chi connectivity index (χ0n) is 17.9. The fraction of sp³-hybridized carbons (Fsp3) is 0.280. The first kappa shape index (κ1) is 20.7. The number of nitrogens with zero attached hydrogens (tertiary/aromatic N) is 2. The summed E-state index contributed by atoms with van der Waals surface area (Å²) in [5.74, 6) is -0.0555. The molecule has 0 atom stereocenters. The maximum Gasteiger partial charge on any atom is 0.270 e. The van der Waals surface area contributed by atoms with Gasteiger partial charge in [0, 0.05) is 42.3 Å². The lowest BCUT2D eigenvalue weighted by Crippen LogP contribution is -2.36. The first-order valence-corrected chi connectivity index (χ1v) is 10.7. The number of methoxy groups -OCH3 is 1. The molecule has 0 aliphatic carbocycles. The van der Waals surface area contributed by atoms with Crippen molar-refractivity contribution in [2.24, 2.45) is 0 Å². The number of aromatic nitrogens is 1. The Hall–Kier alpha value is -3.54. The van der Waals surface area contributed by atoms with Gasteiger partial charge in [-0.15, -0.1) is 0 Å². The average molecular weight is 418 g/mol. The molecule has 0 spiro atoms. The third-order valence-electron chi connectivity index (χ3n) is 5.68. The van der Waals surface area contributed by atoms with Crippen LogP contribution in [-0.2, 0) is 11.3 Å². The van der Waals surface area contributed by atoms with Gasteiger partial charge < -0.3 is 19.5 Å². The monoisotopic (exact) mass is 417 g/mol. The van der Waals surface area contributed by atoms with Crippen molar-refractivity contribution in [2.45, 2.75) is 26.3 Å². The molecule has 3 aromatic rings. The number of fused-ring (bicyclic) bond motifs is 1. The van der Waals surface area contributed by atoms with Crippen LogP contribution in [0.15, 0.2) is 60.4 Å². The Bertz CT molecular complexity index is 1140. The summed E-state index contributed by atoms with van der Waals surface area (Å²) in [6.45, 7) is 4.31. The van der Waals surface area contributed by atoms with E-state index in [-0.39, 0.29) is 17.5 Å². The minimum Gasteiger partial charge on any atom is -0.496 e. The zero-order valence-corrected chi connectivity index (χ0v) is 17.9. The van der Waals surface area contributed by atoms with E-state index >= 15 is 0 Å². The van der Waals surface area contributed by atoms with E-state index in [1.54, 1.807) is 35.2 Å². The summed E-state index contributed by atoms with van der Waals surface area (Å²) >= 11 is 0. The third kappa shape index (κ3) is 4.19. The number of nitrogens with one attached hydrogen (secondary N) is 1. The number of hydrogen-bond donors (Lipinski definition) is 1. The van der Waals surface area contributed by atoms with E-state index in [0.29, 0.717) is 24.4 Å². The molecule has 1 N–H and O–H groups in total. The molecule has 0 bridgehead atoms. The highest BCUT2D eigenvalue weighted by atomic mass is 16.5. The molecule has 2 heterocycles. The van der Waals surface area contributed by atoms with Crippen LogP contribution in [0.3, 0.4) is 0 Å². The van der Waals surface area contributed by atoms with Crippen LogP contribution in [0.5, 0.6) is 5.75 Å². The molecule has 160 valence electrons. The van der Waals surface area contributed by atoms with Gasteiger partial charge in [-0.1, -0.05) is 30.3 Å². The molecule has 1 fully saturated rings. The van der Waals surface area contributed by atoms with Crippen LogP contribution in [0.4, 0.5) is 0 Å². The SMILES string of the molecule is CCn1cc(C=C(NC(=O)c2ccccc2OC)C(=O)N2CCCC2)c2ccccc21.